The summed E-state index contributed by atoms with van der Waals surface area (Å²) in [7, 11) is -2.57. The molecule has 1 saturated heterocycles. The SMILES string of the molecule is CN(c1cc(F)c(S(=O)(=O)Cc2cscn2)c(F)c1Cl)C1CCN(Cc2ccccc2)C1. The Kier molecular flexibility index (Phi) is 6.80. The van der Waals surface area contributed by atoms with Crippen molar-refractivity contribution >= 4 is 38.5 Å². The predicted octanol–water partition coefficient (Wildman–Crippen LogP) is 4.76. The molecule has 0 radical (unpaired) electrons. The van der Waals surface area contributed by atoms with Crippen molar-refractivity contribution in [1.29, 1.82) is 0 Å². The summed E-state index contributed by atoms with van der Waals surface area (Å²) in [6.07, 6.45) is 0.798. The Balaban J connectivity index is 1.54. The van der Waals surface area contributed by atoms with Crippen molar-refractivity contribution < 1.29 is 17.2 Å². The van der Waals surface area contributed by atoms with Crippen LogP contribution in [-0.4, -0.2) is 44.5 Å². The summed E-state index contributed by atoms with van der Waals surface area (Å²) in [5.41, 5.74) is 3.03. The van der Waals surface area contributed by atoms with Crippen LogP contribution in [0.2, 0.25) is 5.02 Å². The Morgan fingerprint density at radius 3 is 2.72 bits per heavy atom. The summed E-state index contributed by atoms with van der Waals surface area (Å²) < 4.78 is 55.3. The first kappa shape index (κ1) is 23.1. The second-order valence-corrected chi connectivity index (χ2v) is 10.9. The van der Waals surface area contributed by atoms with Crippen LogP contribution in [0.25, 0.3) is 0 Å². The lowest BCUT2D eigenvalue weighted by atomic mass is 10.2. The minimum absolute atomic E-state index is 0.00697. The standard InChI is InChI=1S/C22H22ClF2N3O2S2/c1-27(17-7-8-28(11-17)10-15-5-3-2-4-6-15)19-9-18(24)22(21(25)20(19)23)32(29,30)13-16-12-31-14-26-16/h2-6,9,12,14,17H,7-8,10-11,13H2,1H3. The number of sulfone groups is 1. The first-order valence-corrected chi connectivity index (χ1v) is 13.0. The molecule has 3 aromatic rings. The molecular formula is C22H22ClF2N3O2S2. The van der Waals surface area contributed by atoms with Crippen LogP contribution in [0.4, 0.5) is 14.5 Å². The Hall–Kier alpha value is -2.07. The number of hydrogen-bond donors (Lipinski definition) is 0. The van der Waals surface area contributed by atoms with Gasteiger partial charge in [-0.15, -0.1) is 11.3 Å². The highest BCUT2D eigenvalue weighted by Crippen LogP contribution is 2.37. The molecule has 1 unspecified atom stereocenters. The normalized spacial score (nSPS) is 17.1. The van der Waals surface area contributed by atoms with Gasteiger partial charge >= 0.3 is 0 Å². The molecule has 1 aliphatic heterocycles. The number of anilines is 1. The topological polar surface area (TPSA) is 53.5 Å². The van der Waals surface area contributed by atoms with E-state index >= 15 is 4.39 Å². The molecule has 4 rings (SSSR count). The molecule has 10 heteroatoms. The summed E-state index contributed by atoms with van der Waals surface area (Å²) in [6.45, 7) is 2.33. The third-order valence-electron chi connectivity index (χ3n) is 5.65. The largest absolute Gasteiger partial charge is 0.369 e. The predicted molar refractivity (Wildman–Crippen MR) is 123 cm³/mol. The number of likely N-dealkylation sites (N-methyl/N-ethyl adjacent to an activating group) is 1. The van der Waals surface area contributed by atoms with Gasteiger partial charge in [0.25, 0.3) is 0 Å². The summed E-state index contributed by atoms with van der Waals surface area (Å²) in [5, 5.41) is 1.13. The van der Waals surface area contributed by atoms with Gasteiger partial charge in [-0.25, -0.2) is 22.2 Å². The van der Waals surface area contributed by atoms with Crippen molar-refractivity contribution in [2.45, 2.75) is 29.7 Å². The number of thiazole rings is 1. The van der Waals surface area contributed by atoms with E-state index in [4.69, 9.17) is 11.6 Å². The van der Waals surface area contributed by atoms with Crippen LogP contribution in [0.1, 0.15) is 17.7 Å². The Morgan fingerprint density at radius 1 is 1.28 bits per heavy atom. The second-order valence-electron chi connectivity index (χ2n) is 7.85. The minimum Gasteiger partial charge on any atom is -0.369 e. The van der Waals surface area contributed by atoms with E-state index in [0.717, 1.165) is 25.6 Å². The van der Waals surface area contributed by atoms with Crippen molar-refractivity contribution in [2.75, 3.05) is 25.0 Å². The molecule has 2 aromatic carbocycles. The van der Waals surface area contributed by atoms with Crippen LogP contribution in [0, 0.1) is 11.6 Å². The Labute approximate surface area is 195 Å². The van der Waals surface area contributed by atoms with E-state index in [0.29, 0.717) is 6.54 Å². The molecule has 0 aliphatic carbocycles. The number of benzene rings is 2. The molecule has 1 aromatic heterocycles. The third-order valence-corrected chi connectivity index (χ3v) is 8.32. The number of rotatable bonds is 7. The van der Waals surface area contributed by atoms with E-state index in [1.807, 2.05) is 18.2 Å². The fourth-order valence-corrected chi connectivity index (χ4v) is 6.42. The average Bonchev–Trinajstić information content (AvgIpc) is 3.42. The fourth-order valence-electron chi connectivity index (χ4n) is 3.99. The minimum atomic E-state index is -4.29. The van der Waals surface area contributed by atoms with E-state index in [9.17, 15) is 12.8 Å². The maximum Gasteiger partial charge on any atom is 0.189 e. The lowest BCUT2D eigenvalue weighted by molar-refractivity contribution is 0.326. The van der Waals surface area contributed by atoms with E-state index in [-0.39, 0.29) is 17.4 Å². The van der Waals surface area contributed by atoms with Crippen LogP contribution in [0.5, 0.6) is 0 Å². The lowest BCUT2D eigenvalue weighted by Gasteiger charge is -2.28. The molecule has 1 fully saturated rings. The fraction of sp³-hybridized carbons (Fsp3) is 0.318. The van der Waals surface area contributed by atoms with E-state index in [2.05, 4.69) is 22.0 Å². The van der Waals surface area contributed by atoms with Crippen molar-refractivity contribution in [1.82, 2.24) is 9.88 Å². The van der Waals surface area contributed by atoms with Crippen molar-refractivity contribution in [3.05, 3.63) is 75.2 Å². The van der Waals surface area contributed by atoms with E-state index in [1.165, 1.54) is 27.8 Å². The summed E-state index contributed by atoms with van der Waals surface area (Å²) in [5.74, 6) is -3.00. The van der Waals surface area contributed by atoms with Crippen LogP contribution in [-0.2, 0) is 22.1 Å². The maximum absolute atomic E-state index is 15.1. The molecule has 1 atom stereocenters. The lowest BCUT2D eigenvalue weighted by Crippen LogP contribution is -2.35. The van der Waals surface area contributed by atoms with Gasteiger partial charge in [-0.1, -0.05) is 41.9 Å². The van der Waals surface area contributed by atoms with Gasteiger partial charge in [-0.3, -0.25) is 4.90 Å². The van der Waals surface area contributed by atoms with Gasteiger partial charge in [0.05, 0.1) is 22.6 Å². The van der Waals surface area contributed by atoms with Gasteiger partial charge in [-0.05, 0) is 12.0 Å². The van der Waals surface area contributed by atoms with Crippen LogP contribution < -0.4 is 4.90 Å². The molecule has 0 spiro atoms. The molecule has 1 aliphatic rings. The first-order valence-electron chi connectivity index (χ1n) is 10.0. The second kappa shape index (κ2) is 9.43. The average molecular weight is 498 g/mol. The van der Waals surface area contributed by atoms with Gasteiger partial charge < -0.3 is 4.90 Å². The first-order chi connectivity index (χ1) is 15.3. The number of hydrogen-bond acceptors (Lipinski definition) is 6. The third kappa shape index (κ3) is 4.80. The Morgan fingerprint density at radius 2 is 2.03 bits per heavy atom. The highest BCUT2D eigenvalue weighted by molar-refractivity contribution is 7.90. The molecule has 0 amide bonds. The molecule has 0 bridgehead atoms. The van der Waals surface area contributed by atoms with Gasteiger partial charge in [-0.2, -0.15) is 0 Å². The number of likely N-dealkylation sites (tertiary alicyclic amines) is 1. The van der Waals surface area contributed by atoms with E-state index < -0.39 is 37.1 Å². The molecule has 170 valence electrons. The van der Waals surface area contributed by atoms with Crippen molar-refractivity contribution in [3.8, 4) is 0 Å². The summed E-state index contributed by atoms with van der Waals surface area (Å²) >= 11 is 7.43. The number of aromatic nitrogens is 1. The number of halogens is 3. The molecular weight excluding hydrogens is 476 g/mol. The molecule has 5 nitrogen and oxygen atoms in total. The summed E-state index contributed by atoms with van der Waals surface area (Å²) in [4.78, 5) is 6.88. The van der Waals surface area contributed by atoms with Crippen LogP contribution in [0.15, 0.2) is 52.2 Å². The van der Waals surface area contributed by atoms with E-state index in [1.54, 1.807) is 11.9 Å². The van der Waals surface area contributed by atoms with Crippen LogP contribution >= 0.6 is 22.9 Å². The van der Waals surface area contributed by atoms with Crippen LogP contribution in [0.3, 0.4) is 0 Å². The van der Waals surface area contributed by atoms with Gasteiger partial charge in [0.1, 0.15) is 15.7 Å². The van der Waals surface area contributed by atoms with Gasteiger partial charge in [0.2, 0.25) is 0 Å². The Bertz CT molecular complexity index is 1190. The van der Waals surface area contributed by atoms with Gasteiger partial charge in [0.15, 0.2) is 15.7 Å². The zero-order chi connectivity index (χ0) is 22.9. The molecule has 0 N–H and O–H groups in total. The zero-order valence-electron chi connectivity index (χ0n) is 17.3. The van der Waals surface area contributed by atoms with Gasteiger partial charge in [0, 0.05) is 44.2 Å². The van der Waals surface area contributed by atoms with Crippen molar-refractivity contribution in [3.63, 3.8) is 0 Å². The molecule has 0 saturated carbocycles. The maximum atomic E-state index is 15.1. The molecule has 32 heavy (non-hydrogen) atoms. The highest BCUT2D eigenvalue weighted by atomic mass is 35.5. The quantitative estimate of drug-likeness (QED) is 0.440. The monoisotopic (exact) mass is 497 g/mol. The highest BCUT2D eigenvalue weighted by Gasteiger charge is 2.32. The van der Waals surface area contributed by atoms with Crippen molar-refractivity contribution in [2.24, 2.45) is 0 Å². The molecule has 2 heterocycles. The smallest absolute Gasteiger partial charge is 0.189 e. The summed E-state index contributed by atoms with van der Waals surface area (Å²) in [6, 6.07) is 11.1. The number of nitrogens with zero attached hydrogens (tertiary/aromatic N) is 3. The zero-order valence-corrected chi connectivity index (χ0v) is 19.7.